The molecule has 8 nitrogen and oxygen atoms in total. The van der Waals surface area contributed by atoms with Crippen LogP contribution in [-0.2, 0) is 0 Å². The molecular formula is C48H28N6O2. The van der Waals surface area contributed by atoms with E-state index in [4.69, 9.17) is 28.8 Å². The van der Waals surface area contributed by atoms with E-state index in [-0.39, 0.29) is 0 Å². The van der Waals surface area contributed by atoms with E-state index in [1.54, 1.807) is 12.3 Å². The summed E-state index contributed by atoms with van der Waals surface area (Å²) >= 11 is 0. The molecule has 0 bridgehead atoms. The lowest BCUT2D eigenvalue weighted by Gasteiger charge is -2.13. The van der Waals surface area contributed by atoms with Gasteiger partial charge in [-0.05, 0) is 45.7 Å². The molecule has 11 aromatic rings. The fourth-order valence-electron chi connectivity index (χ4n) is 7.53. The molecule has 0 amide bonds. The predicted octanol–water partition coefficient (Wildman–Crippen LogP) is 11.9. The molecule has 7 aromatic carbocycles. The Labute approximate surface area is 319 Å². The Balaban J connectivity index is 0.998. The van der Waals surface area contributed by atoms with Gasteiger partial charge in [0.15, 0.2) is 23.1 Å². The maximum atomic E-state index is 6.62. The lowest BCUT2D eigenvalue weighted by Crippen LogP contribution is -2.00. The summed E-state index contributed by atoms with van der Waals surface area (Å²) in [4.78, 5) is 27.8. The van der Waals surface area contributed by atoms with Gasteiger partial charge >= 0.3 is 0 Å². The zero-order chi connectivity index (χ0) is 37.0. The summed E-state index contributed by atoms with van der Waals surface area (Å²) in [5, 5.41) is 4.10. The van der Waals surface area contributed by atoms with Crippen LogP contribution in [0.25, 0.3) is 112 Å². The molecule has 0 fully saturated rings. The molecule has 11 rings (SSSR count). The number of aromatic nitrogens is 6. The number of para-hydroxylation sites is 1. The Morgan fingerprint density at radius 3 is 1.68 bits per heavy atom. The van der Waals surface area contributed by atoms with Crippen molar-refractivity contribution < 1.29 is 8.83 Å². The summed E-state index contributed by atoms with van der Waals surface area (Å²) in [5.41, 5.74) is 10.6. The Morgan fingerprint density at radius 2 is 1.00 bits per heavy atom. The number of furan rings is 1. The highest BCUT2D eigenvalue weighted by atomic mass is 16.4. The molecule has 56 heavy (non-hydrogen) atoms. The molecule has 0 N–H and O–H groups in total. The van der Waals surface area contributed by atoms with E-state index >= 15 is 0 Å². The number of oxazole rings is 1. The zero-order valence-corrected chi connectivity index (χ0v) is 29.7. The first-order valence-electron chi connectivity index (χ1n) is 18.3. The maximum Gasteiger partial charge on any atom is 0.246 e. The van der Waals surface area contributed by atoms with Crippen LogP contribution in [0, 0.1) is 0 Å². The molecule has 0 aliphatic heterocycles. The molecule has 0 saturated carbocycles. The number of rotatable bonds is 6. The van der Waals surface area contributed by atoms with Crippen LogP contribution < -0.4 is 0 Å². The fraction of sp³-hybridized carbons (Fsp3) is 0. The Hall–Kier alpha value is -7.84. The van der Waals surface area contributed by atoms with Crippen molar-refractivity contribution in [3.05, 3.63) is 170 Å². The smallest absolute Gasteiger partial charge is 0.246 e. The van der Waals surface area contributed by atoms with Gasteiger partial charge in [-0.25, -0.2) is 29.9 Å². The monoisotopic (exact) mass is 720 g/mol. The van der Waals surface area contributed by atoms with Crippen LogP contribution in [0.5, 0.6) is 0 Å². The van der Waals surface area contributed by atoms with E-state index in [2.05, 4.69) is 88.8 Å². The lowest BCUT2D eigenvalue weighted by molar-refractivity contribution is 0.619. The van der Waals surface area contributed by atoms with E-state index in [9.17, 15) is 0 Å². The summed E-state index contributed by atoms with van der Waals surface area (Å²) in [5.74, 6) is 2.34. The highest BCUT2D eigenvalue weighted by Crippen LogP contribution is 2.43. The number of benzene rings is 7. The van der Waals surface area contributed by atoms with E-state index in [0.717, 1.165) is 77.2 Å². The molecule has 0 spiro atoms. The van der Waals surface area contributed by atoms with Gasteiger partial charge in [-0.2, -0.15) is 0 Å². The van der Waals surface area contributed by atoms with Crippen molar-refractivity contribution in [2.24, 2.45) is 0 Å². The average molecular weight is 721 g/mol. The molecule has 8 heteroatoms. The quantitative estimate of drug-likeness (QED) is 0.167. The van der Waals surface area contributed by atoms with Crippen LogP contribution in [-0.4, -0.2) is 29.9 Å². The molecule has 0 atom stereocenters. The van der Waals surface area contributed by atoms with Crippen molar-refractivity contribution in [1.82, 2.24) is 29.9 Å². The molecule has 0 unspecified atom stereocenters. The first kappa shape index (κ1) is 31.7. The second-order valence-corrected chi connectivity index (χ2v) is 13.5. The molecule has 0 radical (unpaired) electrons. The van der Waals surface area contributed by atoms with Gasteiger partial charge in [0.1, 0.15) is 28.7 Å². The third-order valence-electron chi connectivity index (χ3n) is 10.2. The van der Waals surface area contributed by atoms with Crippen LogP contribution in [0.2, 0.25) is 0 Å². The van der Waals surface area contributed by atoms with Crippen LogP contribution in [0.1, 0.15) is 0 Å². The van der Waals surface area contributed by atoms with Gasteiger partial charge in [0, 0.05) is 33.8 Å². The summed E-state index contributed by atoms with van der Waals surface area (Å²) in [6, 6.07) is 53.4. The van der Waals surface area contributed by atoms with Gasteiger partial charge in [-0.15, -0.1) is 0 Å². The second kappa shape index (κ2) is 12.9. The molecule has 0 saturated heterocycles. The van der Waals surface area contributed by atoms with Crippen molar-refractivity contribution in [2.75, 3.05) is 0 Å². The highest BCUT2D eigenvalue weighted by Gasteiger charge is 2.21. The summed E-state index contributed by atoms with van der Waals surface area (Å²) in [6.07, 6.45) is 3.17. The van der Waals surface area contributed by atoms with Gasteiger partial charge in [-0.3, -0.25) is 0 Å². The van der Waals surface area contributed by atoms with E-state index in [0.29, 0.717) is 34.6 Å². The van der Waals surface area contributed by atoms with Gasteiger partial charge in [0.2, 0.25) is 5.89 Å². The second-order valence-electron chi connectivity index (χ2n) is 13.5. The van der Waals surface area contributed by atoms with E-state index in [1.807, 2.05) is 72.8 Å². The summed E-state index contributed by atoms with van der Waals surface area (Å²) < 4.78 is 13.0. The van der Waals surface area contributed by atoms with Gasteiger partial charge in [0.05, 0.1) is 5.39 Å². The molecule has 262 valence electrons. The van der Waals surface area contributed by atoms with Crippen LogP contribution in [0.3, 0.4) is 0 Å². The van der Waals surface area contributed by atoms with Crippen molar-refractivity contribution in [2.45, 2.75) is 0 Å². The lowest BCUT2D eigenvalue weighted by atomic mass is 9.91. The molecular weight excluding hydrogens is 693 g/mol. The third kappa shape index (κ3) is 5.31. The first-order chi connectivity index (χ1) is 27.7. The van der Waals surface area contributed by atoms with E-state index in [1.165, 1.54) is 6.33 Å². The van der Waals surface area contributed by atoms with E-state index < -0.39 is 0 Å². The Bertz CT molecular complexity index is 3180. The van der Waals surface area contributed by atoms with Gasteiger partial charge in [0.25, 0.3) is 0 Å². The minimum Gasteiger partial charge on any atom is -0.455 e. The van der Waals surface area contributed by atoms with Crippen LogP contribution in [0.4, 0.5) is 0 Å². The number of fused-ring (bicyclic) bond motifs is 6. The normalized spacial score (nSPS) is 11.6. The van der Waals surface area contributed by atoms with Crippen LogP contribution in [0.15, 0.2) is 179 Å². The summed E-state index contributed by atoms with van der Waals surface area (Å²) in [7, 11) is 0. The Kier molecular flexibility index (Phi) is 7.31. The number of hydrogen-bond donors (Lipinski definition) is 0. The van der Waals surface area contributed by atoms with Gasteiger partial charge < -0.3 is 8.83 Å². The zero-order valence-electron chi connectivity index (χ0n) is 29.7. The van der Waals surface area contributed by atoms with Crippen molar-refractivity contribution >= 4 is 43.8 Å². The largest absolute Gasteiger partial charge is 0.455 e. The van der Waals surface area contributed by atoms with Crippen molar-refractivity contribution in [1.29, 1.82) is 0 Å². The number of nitrogens with zero attached hydrogens (tertiary/aromatic N) is 6. The van der Waals surface area contributed by atoms with Crippen molar-refractivity contribution in [3.8, 4) is 68.0 Å². The standard InChI is InChI=1S/C48H28N6O2/c1-3-10-30(11-4-1)45-52-46(31-12-5-2-6-13-31)54-47(53-45)32-20-18-29(19-21-32)33-22-23-36(35-15-8-7-14-34(33)35)37-16-9-17-38-42-41(55-43(37)38)25-24-39-44(42)56-48(51-39)40-26-27-49-28-50-40/h1-28H. The molecule has 4 heterocycles. The molecule has 4 aromatic heterocycles. The fourth-order valence-corrected chi connectivity index (χ4v) is 7.53. The minimum absolute atomic E-state index is 0.442. The Morgan fingerprint density at radius 1 is 0.393 bits per heavy atom. The predicted molar refractivity (Wildman–Crippen MR) is 220 cm³/mol. The topological polar surface area (TPSA) is 104 Å². The minimum atomic E-state index is 0.442. The van der Waals surface area contributed by atoms with Crippen LogP contribution >= 0.6 is 0 Å². The maximum absolute atomic E-state index is 6.62. The third-order valence-corrected chi connectivity index (χ3v) is 10.2. The molecule has 0 aliphatic carbocycles. The first-order valence-corrected chi connectivity index (χ1v) is 18.3. The summed E-state index contributed by atoms with van der Waals surface area (Å²) in [6.45, 7) is 0. The van der Waals surface area contributed by atoms with Gasteiger partial charge in [-0.1, -0.05) is 140 Å². The SMILES string of the molecule is c1ccc(-c2nc(-c3ccccc3)nc(-c3ccc(-c4ccc(-c5cccc6c5oc5ccc7nc(-c8ccncn8)oc7c56)c5ccccc45)cc3)n2)cc1. The highest BCUT2D eigenvalue weighted by molar-refractivity contribution is 6.20. The molecule has 0 aliphatic rings. The van der Waals surface area contributed by atoms with Crippen molar-refractivity contribution in [3.63, 3.8) is 0 Å². The number of hydrogen-bond acceptors (Lipinski definition) is 8. The average Bonchev–Trinajstić information content (AvgIpc) is 3.89.